The molecule has 5 nitrogen and oxygen atoms in total. The van der Waals surface area contributed by atoms with Crippen LogP contribution in [0.5, 0.6) is 0 Å². The number of halogens is 1. The van der Waals surface area contributed by atoms with Crippen LogP contribution >= 0.6 is 15.9 Å². The van der Waals surface area contributed by atoms with Crippen molar-refractivity contribution in [3.05, 3.63) is 22.8 Å². The number of aromatic nitrogens is 3. The summed E-state index contributed by atoms with van der Waals surface area (Å²) in [5, 5.41) is 7.56. The molecule has 0 aromatic carbocycles. The van der Waals surface area contributed by atoms with Crippen LogP contribution in [0.4, 0.5) is 5.95 Å². The highest BCUT2D eigenvalue weighted by Gasteiger charge is 2.02. The number of nitrogens with one attached hydrogen (secondary N) is 1. The van der Waals surface area contributed by atoms with Crippen molar-refractivity contribution in [2.45, 2.75) is 6.42 Å². The summed E-state index contributed by atoms with van der Waals surface area (Å²) in [5.74, 6) is 0.682. The molecule has 17 heavy (non-hydrogen) atoms. The largest absolute Gasteiger partial charge is 0.353 e. The van der Waals surface area contributed by atoms with Gasteiger partial charge in [-0.25, -0.2) is 4.52 Å². The van der Waals surface area contributed by atoms with E-state index < -0.39 is 0 Å². The van der Waals surface area contributed by atoms with E-state index in [2.05, 4.69) is 50.3 Å². The Morgan fingerprint density at radius 1 is 1.41 bits per heavy atom. The van der Waals surface area contributed by atoms with Crippen molar-refractivity contribution >= 4 is 27.5 Å². The third-order valence-corrected chi connectivity index (χ3v) is 2.83. The predicted molar refractivity (Wildman–Crippen MR) is 72.3 cm³/mol. The molecule has 92 valence electrons. The fourth-order valence-corrected chi connectivity index (χ4v) is 1.85. The Labute approximate surface area is 109 Å². The van der Waals surface area contributed by atoms with E-state index in [0.29, 0.717) is 5.95 Å². The van der Waals surface area contributed by atoms with Gasteiger partial charge in [-0.1, -0.05) is 0 Å². The molecular formula is C11H16BrN5. The highest BCUT2D eigenvalue weighted by atomic mass is 79.9. The minimum atomic E-state index is 0.682. The van der Waals surface area contributed by atoms with Gasteiger partial charge in [-0.2, -0.15) is 4.98 Å². The van der Waals surface area contributed by atoms with Crippen LogP contribution in [0.3, 0.4) is 0 Å². The van der Waals surface area contributed by atoms with Gasteiger partial charge < -0.3 is 10.2 Å². The molecular weight excluding hydrogens is 282 g/mol. The molecule has 0 fully saturated rings. The molecule has 0 atom stereocenters. The maximum atomic E-state index is 4.38. The molecule has 2 rings (SSSR count). The van der Waals surface area contributed by atoms with Gasteiger partial charge in [0.05, 0.1) is 0 Å². The van der Waals surface area contributed by atoms with Gasteiger partial charge in [-0.05, 0) is 55.1 Å². The van der Waals surface area contributed by atoms with E-state index in [1.807, 2.05) is 18.3 Å². The van der Waals surface area contributed by atoms with Crippen LogP contribution < -0.4 is 5.32 Å². The topological polar surface area (TPSA) is 45.5 Å². The molecule has 6 heteroatoms. The Hall–Kier alpha value is -1.14. The lowest BCUT2D eigenvalue weighted by Gasteiger charge is -2.08. The second-order valence-corrected chi connectivity index (χ2v) is 5.08. The van der Waals surface area contributed by atoms with E-state index in [1.165, 1.54) is 0 Å². The van der Waals surface area contributed by atoms with Crippen LogP contribution in [0.15, 0.2) is 22.8 Å². The molecule has 0 aliphatic carbocycles. The van der Waals surface area contributed by atoms with Crippen LogP contribution in [-0.2, 0) is 0 Å². The van der Waals surface area contributed by atoms with Crippen LogP contribution in [0.1, 0.15) is 6.42 Å². The van der Waals surface area contributed by atoms with E-state index in [0.717, 1.165) is 29.6 Å². The van der Waals surface area contributed by atoms with Crippen LogP contribution in [0.25, 0.3) is 5.65 Å². The Kier molecular flexibility index (Phi) is 3.96. The van der Waals surface area contributed by atoms with Gasteiger partial charge in [-0.3, -0.25) is 0 Å². The van der Waals surface area contributed by atoms with Gasteiger partial charge in [0.2, 0.25) is 5.95 Å². The monoisotopic (exact) mass is 297 g/mol. The summed E-state index contributed by atoms with van der Waals surface area (Å²) in [5.41, 5.74) is 0.850. The maximum absolute atomic E-state index is 4.38. The van der Waals surface area contributed by atoms with E-state index in [9.17, 15) is 0 Å². The van der Waals surface area contributed by atoms with E-state index in [4.69, 9.17) is 0 Å². The van der Waals surface area contributed by atoms with Crippen molar-refractivity contribution < 1.29 is 0 Å². The van der Waals surface area contributed by atoms with E-state index in [-0.39, 0.29) is 0 Å². The number of pyridine rings is 1. The molecule has 0 spiro atoms. The Balaban J connectivity index is 1.95. The quantitative estimate of drug-likeness (QED) is 0.856. The second kappa shape index (κ2) is 5.46. The molecule has 0 amide bonds. The first-order valence-corrected chi connectivity index (χ1v) is 6.35. The molecule has 0 aliphatic rings. The Morgan fingerprint density at radius 2 is 2.24 bits per heavy atom. The van der Waals surface area contributed by atoms with Gasteiger partial charge in [-0.15, -0.1) is 5.10 Å². The SMILES string of the molecule is CN(C)CCCNc1nc2ccc(Br)cn2n1. The fraction of sp³-hybridized carbons (Fsp3) is 0.455. The number of rotatable bonds is 5. The number of anilines is 1. The van der Waals surface area contributed by atoms with Crippen molar-refractivity contribution in [3.8, 4) is 0 Å². The van der Waals surface area contributed by atoms with E-state index >= 15 is 0 Å². The average molecular weight is 298 g/mol. The molecule has 0 saturated heterocycles. The van der Waals surface area contributed by atoms with Gasteiger partial charge in [0.25, 0.3) is 0 Å². The second-order valence-electron chi connectivity index (χ2n) is 4.17. The first kappa shape index (κ1) is 12.3. The van der Waals surface area contributed by atoms with Crippen molar-refractivity contribution in [1.29, 1.82) is 0 Å². The molecule has 2 aromatic rings. The van der Waals surface area contributed by atoms with Gasteiger partial charge in [0.15, 0.2) is 5.65 Å². The third-order valence-electron chi connectivity index (χ3n) is 2.36. The van der Waals surface area contributed by atoms with Crippen molar-refractivity contribution in [2.24, 2.45) is 0 Å². The maximum Gasteiger partial charge on any atom is 0.243 e. The molecule has 0 aliphatic heterocycles. The highest BCUT2D eigenvalue weighted by Crippen LogP contribution is 2.11. The number of hydrogen-bond acceptors (Lipinski definition) is 4. The summed E-state index contributed by atoms with van der Waals surface area (Å²) in [6.07, 6.45) is 2.97. The first-order valence-electron chi connectivity index (χ1n) is 5.56. The standard InChI is InChI=1S/C11H16BrN5/c1-16(2)7-3-6-13-11-14-10-5-4-9(12)8-17(10)15-11/h4-5,8H,3,6-7H2,1-2H3,(H,13,15). The molecule has 2 aromatic heterocycles. The molecule has 0 saturated carbocycles. The summed E-state index contributed by atoms with van der Waals surface area (Å²) in [6, 6.07) is 3.89. The lowest BCUT2D eigenvalue weighted by Crippen LogP contribution is -2.16. The highest BCUT2D eigenvalue weighted by molar-refractivity contribution is 9.10. The zero-order chi connectivity index (χ0) is 12.3. The Morgan fingerprint density at radius 3 is 3.00 bits per heavy atom. The normalized spacial score (nSPS) is 11.3. The van der Waals surface area contributed by atoms with Crippen molar-refractivity contribution in [3.63, 3.8) is 0 Å². The number of hydrogen-bond donors (Lipinski definition) is 1. The Bertz CT molecular complexity index is 494. The van der Waals surface area contributed by atoms with Crippen LogP contribution in [0.2, 0.25) is 0 Å². The van der Waals surface area contributed by atoms with Gasteiger partial charge >= 0.3 is 0 Å². The summed E-state index contributed by atoms with van der Waals surface area (Å²) >= 11 is 3.41. The first-order chi connectivity index (χ1) is 8.15. The van der Waals surface area contributed by atoms with Gasteiger partial charge in [0, 0.05) is 17.2 Å². The minimum absolute atomic E-state index is 0.682. The summed E-state index contributed by atoms with van der Waals surface area (Å²) in [7, 11) is 4.14. The van der Waals surface area contributed by atoms with Crippen LogP contribution in [-0.4, -0.2) is 46.7 Å². The zero-order valence-electron chi connectivity index (χ0n) is 10.0. The van der Waals surface area contributed by atoms with Gasteiger partial charge in [0.1, 0.15) is 0 Å². The molecule has 0 bridgehead atoms. The molecule has 2 heterocycles. The van der Waals surface area contributed by atoms with E-state index in [1.54, 1.807) is 4.52 Å². The fourth-order valence-electron chi connectivity index (χ4n) is 1.53. The average Bonchev–Trinajstić information content (AvgIpc) is 2.66. The van der Waals surface area contributed by atoms with Crippen molar-refractivity contribution in [2.75, 3.05) is 32.5 Å². The predicted octanol–water partition coefficient (Wildman–Crippen LogP) is 1.86. The molecule has 0 radical (unpaired) electrons. The summed E-state index contributed by atoms with van der Waals surface area (Å²) in [4.78, 5) is 6.54. The summed E-state index contributed by atoms with van der Waals surface area (Å²) in [6.45, 7) is 1.95. The number of fused-ring (bicyclic) bond motifs is 1. The smallest absolute Gasteiger partial charge is 0.243 e. The van der Waals surface area contributed by atoms with Crippen LogP contribution in [0, 0.1) is 0 Å². The number of nitrogens with zero attached hydrogens (tertiary/aromatic N) is 4. The lowest BCUT2D eigenvalue weighted by atomic mass is 10.4. The lowest BCUT2D eigenvalue weighted by molar-refractivity contribution is 0.405. The summed E-state index contributed by atoms with van der Waals surface area (Å²) < 4.78 is 2.76. The zero-order valence-corrected chi connectivity index (χ0v) is 11.6. The molecule has 1 N–H and O–H groups in total. The molecule has 0 unspecified atom stereocenters. The van der Waals surface area contributed by atoms with Crippen molar-refractivity contribution in [1.82, 2.24) is 19.5 Å². The minimum Gasteiger partial charge on any atom is -0.353 e. The third kappa shape index (κ3) is 3.41.